The van der Waals surface area contributed by atoms with Gasteiger partial charge in [0.2, 0.25) is 0 Å². The lowest BCUT2D eigenvalue weighted by Crippen LogP contribution is -2.48. The third kappa shape index (κ3) is 5.66. The summed E-state index contributed by atoms with van der Waals surface area (Å²) in [5.41, 5.74) is 4.63. The Morgan fingerprint density at radius 3 is 1.81 bits per heavy atom. The Balaban J connectivity index is 1.45. The minimum atomic E-state index is -0.243. The van der Waals surface area contributed by atoms with Crippen LogP contribution in [0.4, 0.5) is 8.78 Å². The van der Waals surface area contributed by atoms with Crippen molar-refractivity contribution in [2.45, 2.75) is 13.0 Å². The Labute approximate surface area is 183 Å². The van der Waals surface area contributed by atoms with Crippen molar-refractivity contribution < 1.29 is 8.78 Å². The van der Waals surface area contributed by atoms with Crippen LogP contribution >= 0.6 is 0 Å². The van der Waals surface area contributed by atoms with Crippen molar-refractivity contribution in [1.82, 2.24) is 9.80 Å². The normalized spacial score (nSPS) is 16.1. The molecule has 4 rings (SSSR count). The van der Waals surface area contributed by atoms with E-state index in [0.717, 1.165) is 43.9 Å². The Hall–Kier alpha value is -2.82. The van der Waals surface area contributed by atoms with Gasteiger partial charge in [0.15, 0.2) is 0 Å². The van der Waals surface area contributed by atoms with Crippen LogP contribution in [0.15, 0.2) is 84.4 Å². The summed E-state index contributed by atoms with van der Waals surface area (Å²) in [5, 5.41) is 0. The van der Waals surface area contributed by atoms with E-state index in [9.17, 15) is 8.78 Å². The van der Waals surface area contributed by atoms with Crippen molar-refractivity contribution in [3.63, 3.8) is 0 Å². The molecule has 0 atom stereocenters. The molecule has 1 saturated heterocycles. The fourth-order valence-corrected chi connectivity index (χ4v) is 4.32. The van der Waals surface area contributed by atoms with Crippen molar-refractivity contribution in [3.8, 4) is 0 Å². The zero-order valence-electron chi connectivity index (χ0n) is 17.8. The Kier molecular flexibility index (Phi) is 6.90. The fourth-order valence-electron chi connectivity index (χ4n) is 4.32. The standard InChI is InChI=1S/C27H28F2N2/c1-21(19-22-5-3-2-4-6-22)20-30-15-17-31(18-16-30)27(23-7-11-25(28)12-8-23)24-9-13-26(29)14-10-24/h2-14,19,27H,15-18,20H2,1H3/b21-19+. The summed E-state index contributed by atoms with van der Waals surface area (Å²) in [6, 6.07) is 23.7. The van der Waals surface area contributed by atoms with Crippen LogP contribution in [0.5, 0.6) is 0 Å². The molecule has 1 aliphatic heterocycles. The molecule has 3 aromatic carbocycles. The molecule has 0 aliphatic carbocycles. The van der Waals surface area contributed by atoms with Gasteiger partial charge < -0.3 is 0 Å². The molecule has 160 valence electrons. The van der Waals surface area contributed by atoms with Gasteiger partial charge in [0, 0.05) is 32.7 Å². The molecule has 0 unspecified atom stereocenters. The summed E-state index contributed by atoms with van der Waals surface area (Å²) in [7, 11) is 0. The molecule has 4 heteroatoms. The lowest BCUT2D eigenvalue weighted by atomic mass is 9.96. The van der Waals surface area contributed by atoms with E-state index in [4.69, 9.17) is 0 Å². The molecular weight excluding hydrogens is 390 g/mol. The lowest BCUT2D eigenvalue weighted by molar-refractivity contribution is 0.116. The number of piperazine rings is 1. The van der Waals surface area contributed by atoms with Gasteiger partial charge in [-0.25, -0.2) is 8.78 Å². The van der Waals surface area contributed by atoms with Crippen LogP contribution in [0.25, 0.3) is 6.08 Å². The average molecular weight is 419 g/mol. The second kappa shape index (κ2) is 9.99. The highest BCUT2D eigenvalue weighted by Crippen LogP contribution is 2.30. The van der Waals surface area contributed by atoms with Crippen LogP contribution in [0.2, 0.25) is 0 Å². The first kappa shape index (κ1) is 21.4. The van der Waals surface area contributed by atoms with Gasteiger partial charge in [-0.1, -0.05) is 66.2 Å². The highest BCUT2D eigenvalue weighted by Gasteiger charge is 2.26. The van der Waals surface area contributed by atoms with Gasteiger partial charge >= 0.3 is 0 Å². The van der Waals surface area contributed by atoms with E-state index < -0.39 is 0 Å². The largest absolute Gasteiger partial charge is 0.297 e. The molecule has 0 radical (unpaired) electrons. The van der Waals surface area contributed by atoms with E-state index in [0.29, 0.717) is 0 Å². The molecule has 0 bridgehead atoms. The van der Waals surface area contributed by atoms with E-state index in [2.05, 4.69) is 47.1 Å². The molecule has 31 heavy (non-hydrogen) atoms. The predicted molar refractivity (Wildman–Crippen MR) is 123 cm³/mol. The minimum absolute atomic E-state index is 0.00990. The first-order valence-corrected chi connectivity index (χ1v) is 10.8. The van der Waals surface area contributed by atoms with Crippen LogP contribution in [-0.2, 0) is 0 Å². The van der Waals surface area contributed by atoms with Gasteiger partial charge in [-0.05, 0) is 47.9 Å². The molecule has 1 fully saturated rings. The third-order valence-corrected chi connectivity index (χ3v) is 5.83. The number of hydrogen-bond acceptors (Lipinski definition) is 2. The molecule has 1 heterocycles. The summed E-state index contributed by atoms with van der Waals surface area (Å²) in [6.45, 7) is 6.84. The number of halogens is 2. The van der Waals surface area contributed by atoms with Gasteiger partial charge in [0.05, 0.1) is 6.04 Å². The first-order valence-electron chi connectivity index (χ1n) is 10.8. The van der Waals surface area contributed by atoms with Crippen molar-refractivity contribution in [2.24, 2.45) is 0 Å². The Bertz CT molecular complexity index is 944. The molecule has 0 amide bonds. The maximum absolute atomic E-state index is 13.5. The monoisotopic (exact) mass is 418 g/mol. The van der Waals surface area contributed by atoms with Gasteiger partial charge in [0.1, 0.15) is 11.6 Å². The molecule has 0 N–H and O–H groups in total. The van der Waals surface area contributed by atoms with E-state index in [1.807, 2.05) is 30.3 Å². The zero-order chi connectivity index (χ0) is 21.6. The SMILES string of the molecule is C/C(=C\c1ccccc1)CN1CCN(C(c2ccc(F)cc2)c2ccc(F)cc2)CC1. The smallest absolute Gasteiger partial charge is 0.123 e. The second-order valence-electron chi connectivity index (χ2n) is 8.22. The predicted octanol–water partition coefficient (Wildman–Crippen LogP) is 5.78. The minimum Gasteiger partial charge on any atom is -0.297 e. The fraction of sp³-hybridized carbons (Fsp3) is 0.259. The lowest BCUT2D eigenvalue weighted by Gasteiger charge is -2.40. The molecule has 0 aromatic heterocycles. The van der Waals surface area contributed by atoms with E-state index in [1.165, 1.54) is 35.4 Å². The van der Waals surface area contributed by atoms with Crippen LogP contribution in [0, 0.1) is 11.6 Å². The molecular formula is C27H28F2N2. The second-order valence-corrected chi connectivity index (χ2v) is 8.22. The van der Waals surface area contributed by atoms with E-state index in [1.54, 1.807) is 0 Å². The van der Waals surface area contributed by atoms with Crippen molar-refractivity contribution in [3.05, 3.63) is 113 Å². The van der Waals surface area contributed by atoms with Crippen LogP contribution in [-0.4, -0.2) is 42.5 Å². The van der Waals surface area contributed by atoms with Gasteiger partial charge in [0.25, 0.3) is 0 Å². The molecule has 0 spiro atoms. The third-order valence-electron chi connectivity index (χ3n) is 5.83. The van der Waals surface area contributed by atoms with Gasteiger partial charge in [-0.3, -0.25) is 9.80 Å². The van der Waals surface area contributed by atoms with E-state index >= 15 is 0 Å². The molecule has 3 aromatic rings. The average Bonchev–Trinajstić information content (AvgIpc) is 2.78. The molecule has 2 nitrogen and oxygen atoms in total. The summed E-state index contributed by atoms with van der Waals surface area (Å²) in [5.74, 6) is -0.487. The topological polar surface area (TPSA) is 6.48 Å². The first-order chi connectivity index (χ1) is 15.1. The summed E-state index contributed by atoms with van der Waals surface area (Å²) >= 11 is 0. The van der Waals surface area contributed by atoms with Crippen LogP contribution in [0.1, 0.15) is 29.7 Å². The van der Waals surface area contributed by atoms with Crippen molar-refractivity contribution in [1.29, 1.82) is 0 Å². The van der Waals surface area contributed by atoms with Crippen LogP contribution in [0.3, 0.4) is 0 Å². The summed E-state index contributed by atoms with van der Waals surface area (Å²) in [4.78, 5) is 4.88. The van der Waals surface area contributed by atoms with Gasteiger partial charge in [-0.15, -0.1) is 0 Å². The Morgan fingerprint density at radius 1 is 0.774 bits per heavy atom. The van der Waals surface area contributed by atoms with Crippen molar-refractivity contribution in [2.75, 3.05) is 32.7 Å². The highest BCUT2D eigenvalue weighted by atomic mass is 19.1. The number of rotatable bonds is 6. The summed E-state index contributed by atoms with van der Waals surface area (Å²) < 4.78 is 27.0. The maximum atomic E-state index is 13.5. The van der Waals surface area contributed by atoms with Gasteiger partial charge in [-0.2, -0.15) is 0 Å². The quantitative estimate of drug-likeness (QED) is 0.501. The Morgan fingerprint density at radius 2 is 1.29 bits per heavy atom. The highest BCUT2D eigenvalue weighted by molar-refractivity contribution is 5.52. The van der Waals surface area contributed by atoms with Crippen LogP contribution < -0.4 is 0 Å². The number of hydrogen-bond donors (Lipinski definition) is 0. The molecule has 0 saturated carbocycles. The summed E-state index contributed by atoms with van der Waals surface area (Å²) in [6.07, 6.45) is 2.24. The zero-order valence-corrected chi connectivity index (χ0v) is 17.8. The number of nitrogens with zero attached hydrogens (tertiary/aromatic N) is 2. The number of benzene rings is 3. The van der Waals surface area contributed by atoms with Crippen molar-refractivity contribution >= 4 is 6.08 Å². The van der Waals surface area contributed by atoms with E-state index in [-0.39, 0.29) is 17.7 Å². The molecule has 1 aliphatic rings. The maximum Gasteiger partial charge on any atom is 0.123 e.